The van der Waals surface area contributed by atoms with Crippen molar-refractivity contribution >= 4 is 23.1 Å². The molecule has 0 bridgehead atoms. The zero-order valence-electron chi connectivity index (χ0n) is 12.1. The molecule has 0 fully saturated rings. The number of hydrogen-bond acceptors (Lipinski definition) is 4. The van der Waals surface area contributed by atoms with Crippen LogP contribution < -0.4 is 0 Å². The molecule has 0 amide bonds. The monoisotopic (exact) mass is 323 g/mol. The number of thiazole rings is 1. The highest BCUT2D eigenvalue weighted by Gasteiger charge is 2.33. The molecular weight excluding hydrogens is 305 g/mol. The quantitative estimate of drug-likeness (QED) is 0.839. The van der Waals surface area contributed by atoms with Crippen LogP contribution in [-0.4, -0.2) is 10.1 Å². The van der Waals surface area contributed by atoms with Crippen molar-refractivity contribution < 1.29 is 9.50 Å². The maximum atomic E-state index is 13.2. The zero-order valence-corrected chi connectivity index (χ0v) is 13.7. The standard InChI is InChI=1S/C16H18FNOS2/c1-16(2)7-12-15(13(19)8-16)21-14(18-12)9-20-11-5-3-4-10(17)6-11/h3-6,13,19H,7-9H2,1-2H3. The maximum absolute atomic E-state index is 13.2. The van der Waals surface area contributed by atoms with Crippen LogP contribution in [0.1, 0.15) is 42.0 Å². The van der Waals surface area contributed by atoms with E-state index in [1.54, 1.807) is 29.2 Å². The van der Waals surface area contributed by atoms with Crippen molar-refractivity contribution in [3.63, 3.8) is 0 Å². The molecule has 1 aromatic heterocycles. The molecule has 0 saturated carbocycles. The van der Waals surface area contributed by atoms with Gasteiger partial charge in [0.1, 0.15) is 10.8 Å². The van der Waals surface area contributed by atoms with Gasteiger partial charge < -0.3 is 5.11 Å². The van der Waals surface area contributed by atoms with Gasteiger partial charge in [0, 0.05) is 4.90 Å². The van der Waals surface area contributed by atoms with E-state index in [1.165, 1.54) is 12.1 Å². The van der Waals surface area contributed by atoms with E-state index in [9.17, 15) is 9.50 Å². The predicted molar refractivity (Wildman–Crippen MR) is 85.1 cm³/mol. The van der Waals surface area contributed by atoms with Crippen LogP contribution in [-0.2, 0) is 12.2 Å². The summed E-state index contributed by atoms with van der Waals surface area (Å²) in [7, 11) is 0. The van der Waals surface area contributed by atoms with E-state index < -0.39 is 6.10 Å². The van der Waals surface area contributed by atoms with E-state index in [1.807, 2.05) is 6.07 Å². The molecule has 1 unspecified atom stereocenters. The van der Waals surface area contributed by atoms with Crippen molar-refractivity contribution in [2.24, 2.45) is 5.41 Å². The lowest BCUT2D eigenvalue weighted by Crippen LogP contribution is -2.24. The van der Waals surface area contributed by atoms with E-state index in [4.69, 9.17) is 0 Å². The van der Waals surface area contributed by atoms with Crippen LogP contribution in [0.3, 0.4) is 0 Å². The topological polar surface area (TPSA) is 33.1 Å². The van der Waals surface area contributed by atoms with Gasteiger partial charge in [-0.3, -0.25) is 0 Å². The number of aromatic nitrogens is 1. The molecule has 1 heterocycles. The number of hydrogen-bond donors (Lipinski definition) is 1. The molecule has 5 heteroatoms. The molecule has 2 aromatic rings. The van der Waals surface area contributed by atoms with Gasteiger partial charge in [0.05, 0.1) is 22.4 Å². The Morgan fingerprint density at radius 2 is 2.29 bits per heavy atom. The van der Waals surface area contributed by atoms with Crippen LogP contribution in [0.15, 0.2) is 29.2 Å². The molecule has 1 aliphatic carbocycles. The number of nitrogens with zero attached hydrogens (tertiary/aromatic N) is 1. The molecule has 0 radical (unpaired) electrons. The number of aliphatic hydroxyl groups excluding tert-OH is 1. The molecule has 1 aromatic carbocycles. The highest BCUT2D eigenvalue weighted by atomic mass is 32.2. The number of fused-ring (bicyclic) bond motifs is 1. The Kier molecular flexibility index (Phi) is 4.08. The molecule has 1 aliphatic rings. The number of halogens is 1. The molecule has 112 valence electrons. The number of benzene rings is 1. The van der Waals surface area contributed by atoms with E-state index in [0.717, 1.165) is 33.3 Å². The van der Waals surface area contributed by atoms with Crippen LogP contribution in [0.5, 0.6) is 0 Å². The molecular formula is C16H18FNOS2. The summed E-state index contributed by atoms with van der Waals surface area (Å²) in [6.07, 6.45) is 1.31. The average molecular weight is 323 g/mol. The summed E-state index contributed by atoms with van der Waals surface area (Å²) in [6, 6.07) is 6.61. The summed E-state index contributed by atoms with van der Waals surface area (Å²) in [5, 5.41) is 11.3. The molecule has 3 rings (SSSR count). The Morgan fingerprint density at radius 1 is 1.48 bits per heavy atom. The molecule has 1 atom stereocenters. The van der Waals surface area contributed by atoms with E-state index in [2.05, 4.69) is 18.8 Å². The zero-order chi connectivity index (χ0) is 15.0. The van der Waals surface area contributed by atoms with Gasteiger partial charge >= 0.3 is 0 Å². The largest absolute Gasteiger partial charge is 0.387 e. The first kappa shape index (κ1) is 15.0. The number of thioether (sulfide) groups is 1. The van der Waals surface area contributed by atoms with Gasteiger partial charge in [-0.15, -0.1) is 23.1 Å². The second-order valence-electron chi connectivity index (χ2n) is 6.23. The van der Waals surface area contributed by atoms with Gasteiger partial charge in [-0.1, -0.05) is 19.9 Å². The summed E-state index contributed by atoms with van der Waals surface area (Å²) in [5.41, 5.74) is 1.14. The second kappa shape index (κ2) is 5.71. The summed E-state index contributed by atoms with van der Waals surface area (Å²) >= 11 is 3.17. The Morgan fingerprint density at radius 3 is 3.05 bits per heavy atom. The first-order chi connectivity index (χ1) is 9.93. The van der Waals surface area contributed by atoms with E-state index in [-0.39, 0.29) is 11.2 Å². The molecule has 1 N–H and O–H groups in total. The third kappa shape index (κ3) is 3.47. The Balaban J connectivity index is 1.73. The number of rotatable bonds is 3. The van der Waals surface area contributed by atoms with Crippen molar-refractivity contribution in [2.75, 3.05) is 0 Å². The molecule has 0 saturated heterocycles. The number of aliphatic hydroxyl groups is 1. The highest BCUT2D eigenvalue weighted by molar-refractivity contribution is 7.98. The summed E-state index contributed by atoms with van der Waals surface area (Å²) in [4.78, 5) is 6.60. The van der Waals surface area contributed by atoms with Crippen molar-refractivity contribution in [3.05, 3.63) is 45.7 Å². The van der Waals surface area contributed by atoms with Crippen molar-refractivity contribution in [3.8, 4) is 0 Å². The second-order valence-corrected chi connectivity index (χ2v) is 8.39. The normalized spacial score (nSPS) is 20.3. The van der Waals surface area contributed by atoms with Crippen LogP contribution in [0.2, 0.25) is 0 Å². The predicted octanol–water partition coefficient (Wildman–Crippen LogP) is 4.58. The summed E-state index contributed by atoms with van der Waals surface area (Å²) < 4.78 is 13.2. The molecule has 2 nitrogen and oxygen atoms in total. The average Bonchev–Trinajstić information content (AvgIpc) is 2.78. The Hall–Kier alpha value is -0.910. The third-order valence-electron chi connectivity index (χ3n) is 3.62. The van der Waals surface area contributed by atoms with E-state index in [0.29, 0.717) is 5.75 Å². The highest BCUT2D eigenvalue weighted by Crippen LogP contribution is 2.43. The summed E-state index contributed by atoms with van der Waals surface area (Å²) in [6.45, 7) is 4.33. The van der Waals surface area contributed by atoms with Crippen molar-refractivity contribution in [2.45, 2.75) is 43.4 Å². The fourth-order valence-corrected chi connectivity index (χ4v) is 4.71. The maximum Gasteiger partial charge on any atom is 0.124 e. The summed E-state index contributed by atoms with van der Waals surface area (Å²) in [5.74, 6) is 0.504. The first-order valence-corrected chi connectivity index (χ1v) is 8.78. The molecule has 0 aliphatic heterocycles. The van der Waals surface area contributed by atoms with Gasteiger partial charge in [-0.05, 0) is 36.5 Å². The van der Waals surface area contributed by atoms with Crippen LogP contribution in [0.25, 0.3) is 0 Å². The van der Waals surface area contributed by atoms with Gasteiger partial charge in [0.2, 0.25) is 0 Å². The fourth-order valence-electron chi connectivity index (χ4n) is 2.71. The van der Waals surface area contributed by atoms with Crippen molar-refractivity contribution in [1.29, 1.82) is 0 Å². The fraction of sp³-hybridized carbons (Fsp3) is 0.438. The van der Waals surface area contributed by atoms with Crippen LogP contribution >= 0.6 is 23.1 Å². The van der Waals surface area contributed by atoms with Crippen LogP contribution in [0, 0.1) is 11.2 Å². The minimum atomic E-state index is -0.394. The van der Waals surface area contributed by atoms with Crippen molar-refractivity contribution in [1.82, 2.24) is 4.98 Å². The lowest BCUT2D eigenvalue weighted by atomic mass is 9.77. The van der Waals surface area contributed by atoms with Gasteiger partial charge in [-0.2, -0.15) is 0 Å². The minimum Gasteiger partial charge on any atom is -0.387 e. The first-order valence-electron chi connectivity index (χ1n) is 6.98. The lowest BCUT2D eigenvalue weighted by molar-refractivity contribution is 0.102. The van der Waals surface area contributed by atoms with Gasteiger partial charge in [0.25, 0.3) is 0 Å². The smallest absolute Gasteiger partial charge is 0.124 e. The molecule has 0 spiro atoms. The van der Waals surface area contributed by atoms with Gasteiger partial charge in [-0.25, -0.2) is 9.37 Å². The van der Waals surface area contributed by atoms with E-state index >= 15 is 0 Å². The third-order valence-corrected chi connectivity index (χ3v) is 6.01. The molecule has 21 heavy (non-hydrogen) atoms. The Bertz CT molecular complexity index is 653. The van der Waals surface area contributed by atoms with Crippen LogP contribution in [0.4, 0.5) is 4.39 Å². The lowest BCUT2D eigenvalue weighted by Gasteiger charge is -2.31. The Labute approximate surface area is 132 Å². The minimum absolute atomic E-state index is 0.105. The van der Waals surface area contributed by atoms with Gasteiger partial charge in [0.15, 0.2) is 0 Å². The SMILES string of the molecule is CC1(C)Cc2nc(CSc3cccc(F)c3)sc2C(O)C1.